The highest BCUT2D eigenvalue weighted by Crippen LogP contribution is 2.36. The molecule has 0 aromatic heterocycles. The van der Waals surface area contributed by atoms with Gasteiger partial charge in [0.25, 0.3) is 0 Å². The van der Waals surface area contributed by atoms with Gasteiger partial charge in [-0.05, 0) is 369 Å². The maximum absolute atomic E-state index is 10.5. The van der Waals surface area contributed by atoms with E-state index in [0.717, 1.165) is 69.1 Å². The zero-order valence-electron chi connectivity index (χ0n) is 70.9. The molecular formula is C105H118O7. The lowest BCUT2D eigenvalue weighted by molar-refractivity contribution is 0.0696. The van der Waals surface area contributed by atoms with Crippen LogP contribution in [0, 0.1) is 152 Å². The van der Waals surface area contributed by atoms with E-state index in [1.54, 1.807) is 18.2 Å². The van der Waals surface area contributed by atoms with E-state index < -0.39 is 5.97 Å². The molecule has 0 fully saturated rings. The van der Waals surface area contributed by atoms with Crippen molar-refractivity contribution < 1.29 is 34.0 Å². The van der Waals surface area contributed by atoms with E-state index in [1.807, 2.05) is 143 Å². The van der Waals surface area contributed by atoms with E-state index in [1.165, 1.54) is 128 Å². The van der Waals surface area contributed by atoms with Crippen molar-refractivity contribution >= 4 is 5.97 Å². The molecule has 0 heterocycles. The number of carboxylic acid groups (broad SMARTS) is 1. The second-order valence-electron chi connectivity index (χ2n) is 30.7. The van der Waals surface area contributed by atoms with Crippen molar-refractivity contribution in [3.63, 3.8) is 0 Å². The lowest BCUT2D eigenvalue weighted by atomic mass is 9.78. The van der Waals surface area contributed by atoms with Crippen molar-refractivity contribution in [2.45, 2.75) is 178 Å². The SMILES string of the molecule is Cc1cc(C)cc(C(=O)O)c1.Cc1cc(Cc2cc(C)c(C)c(C)c2)cc(C)c1C.Cc1cc(Oc2cc(C)c(C)c(C)c2)cc(C)c1C.Cc1ccc(C)cc1.Cc1ccc(O)c(C)c1.Cc1ccc(Oc2ccc(C(C)(C)c3ccc(Oc4ccc(C)cc4)cc3)cc2)cc1.Cc1ccc(Oc2ccc(C)cc2)cc1. The van der Waals surface area contributed by atoms with E-state index >= 15 is 0 Å². The fourth-order valence-corrected chi connectivity index (χ4v) is 12.4. The van der Waals surface area contributed by atoms with Crippen molar-refractivity contribution in [2.24, 2.45) is 0 Å². The number of rotatable bonds is 13. The number of phenolic OH excluding ortho intramolecular Hbond substituents is 1. The number of carbonyl (C=O) groups is 1. The Morgan fingerprint density at radius 1 is 0.250 bits per heavy atom. The van der Waals surface area contributed by atoms with E-state index in [-0.39, 0.29) is 5.41 Å². The van der Waals surface area contributed by atoms with Gasteiger partial charge in [-0.3, -0.25) is 0 Å². The highest BCUT2D eigenvalue weighted by atomic mass is 16.5. The van der Waals surface area contributed by atoms with Crippen LogP contribution in [0.3, 0.4) is 0 Å². The Bertz CT molecular complexity index is 4700. The van der Waals surface area contributed by atoms with Crippen molar-refractivity contribution in [3.05, 3.63) is 405 Å². The third-order valence-electron chi connectivity index (χ3n) is 20.4. The highest BCUT2D eigenvalue weighted by molar-refractivity contribution is 5.88. The van der Waals surface area contributed by atoms with Gasteiger partial charge in [-0.2, -0.15) is 0 Å². The minimum absolute atomic E-state index is 0.134. The third kappa shape index (κ3) is 27.7. The van der Waals surface area contributed by atoms with Crippen molar-refractivity contribution in [1.82, 2.24) is 0 Å². The lowest BCUT2D eigenvalue weighted by Gasteiger charge is -2.26. The number of carboxylic acids is 1. The number of aryl methyl sites for hydroxylation is 18. The Hall–Kier alpha value is -11.7. The lowest BCUT2D eigenvalue weighted by Crippen LogP contribution is -2.18. The molecule has 0 unspecified atom stereocenters. The zero-order chi connectivity index (χ0) is 82.1. The fraction of sp³-hybridized carbons (Fsp3) is 0.248. The molecule has 0 saturated carbocycles. The highest BCUT2D eigenvalue weighted by Gasteiger charge is 2.23. The van der Waals surface area contributed by atoms with Crippen LogP contribution in [-0.4, -0.2) is 16.2 Å². The first kappa shape index (κ1) is 87.6. The number of hydrogen-bond donors (Lipinski definition) is 2. The molecule has 112 heavy (non-hydrogen) atoms. The molecule has 0 bridgehead atoms. The van der Waals surface area contributed by atoms with Crippen LogP contribution in [0.15, 0.2) is 255 Å². The predicted octanol–water partition coefficient (Wildman–Crippen LogP) is 29.1. The maximum Gasteiger partial charge on any atom is 0.335 e. The van der Waals surface area contributed by atoms with Crippen molar-refractivity contribution in [1.29, 1.82) is 0 Å². The van der Waals surface area contributed by atoms with Gasteiger partial charge in [-0.15, -0.1) is 0 Å². The number of phenols is 1. The van der Waals surface area contributed by atoms with Crippen LogP contribution in [0.4, 0.5) is 0 Å². The summed E-state index contributed by atoms with van der Waals surface area (Å²) in [7, 11) is 0. The summed E-state index contributed by atoms with van der Waals surface area (Å²) < 4.78 is 23.6. The second kappa shape index (κ2) is 41.4. The minimum atomic E-state index is -0.864. The van der Waals surface area contributed by atoms with Gasteiger partial charge < -0.3 is 29.2 Å². The van der Waals surface area contributed by atoms with E-state index in [0.29, 0.717) is 11.3 Å². The molecule has 2 N–H and O–H groups in total. The average Bonchev–Trinajstić information content (AvgIpc) is 0.791. The molecule has 0 saturated heterocycles. The summed E-state index contributed by atoms with van der Waals surface area (Å²) >= 11 is 0. The van der Waals surface area contributed by atoms with Crippen LogP contribution in [0.5, 0.6) is 51.7 Å². The zero-order valence-corrected chi connectivity index (χ0v) is 70.9. The van der Waals surface area contributed by atoms with Gasteiger partial charge in [0.15, 0.2) is 0 Å². The first-order valence-electron chi connectivity index (χ1n) is 38.6. The number of aromatic hydroxyl groups is 1. The average molecular weight is 1490 g/mol. The summed E-state index contributed by atoms with van der Waals surface area (Å²) in [5.74, 6) is 6.48. The molecule has 7 nitrogen and oxygen atoms in total. The monoisotopic (exact) mass is 1490 g/mol. The molecule has 0 spiro atoms. The van der Waals surface area contributed by atoms with Gasteiger partial charge in [-0.25, -0.2) is 4.79 Å². The standard InChI is InChI=1S/C29H28O2.C19H24.C18H22O.C14H14O.C9H10O2.C8H10O.C8H10/c1-21-5-13-25(14-6-21)30-27-17-9-23(10-18-27)29(3,4)24-11-19-28(20-12-24)31-26-15-7-22(2)8-16-26;1-12-7-18(8-13(2)16(12)5)11-19-9-14(3)17(6)15(4)10-19;1-11-7-17(8-12(2)15(11)5)19-18-9-13(3)16(6)14(4)10-18;1-11-3-7-13(8-4-11)15-14-9-5-12(2)6-10-14;1-6-3-7(2)5-8(4-6)9(10)11;1-6-3-4-8(9)7(2)5-6;1-7-3-5-8(2)6-4-7/h5-20H,1-4H3;7-10H,11H2,1-6H3;7-10H,1-6H3;3-10H,1-2H3;3-5H,1-2H3,(H,10,11);3-5,9H,1-2H3;3-6H,1-2H3. The van der Waals surface area contributed by atoms with Gasteiger partial charge in [-0.1, -0.05) is 203 Å². The van der Waals surface area contributed by atoms with Gasteiger partial charge in [0.1, 0.15) is 51.7 Å². The second-order valence-corrected chi connectivity index (χ2v) is 30.7. The van der Waals surface area contributed by atoms with Gasteiger partial charge >= 0.3 is 5.97 Å². The Morgan fingerprint density at radius 3 is 0.714 bits per heavy atom. The quantitative estimate of drug-likeness (QED) is 0.119. The smallest absolute Gasteiger partial charge is 0.335 e. The first-order chi connectivity index (χ1) is 53.0. The van der Waals surface area contributed by atoms with Gasteiger partial charge in [0, 0.05) is 5.41 Å². The summed E-state index contributed by atoms with van der Waals surface area (Å²) in [6.45, 7) is 50.6. The molecule has 0 aliphatic carbocycles. The van der Waals surface area contributed by atoms with Crippen LogP contribution < -0.4 is 18.9 Å². The Balaban J connectivity index is 0.000000190. The van der Waals surface area contributed by atoms with Crippen molar-refractivity contribution in [3.8, 4) is 51.7 Å². The largest absolute Gasteiger partial charge is 0.508 e. The maximum atomic E-state index is 10.5. The van der Waals surface area contributed by atoms with Gasteiger partial charge in [0.2, 0.25) is 0 Å². The molecule has 13 aromatic rings. The first-order valence-corrected chi connectivity index (χ1v) is 38.6. The summed E-state index contributed by atoms with van der Waals surface area (Å²) in [6.07, 6.45) is 1.03. The molecule has 13 aromatic carbocycles. The van der Waals surface area contributed by atoms with E-state index in [9.17, 15) is 4.79 Å². The molecular weight excluding hydrogens is 1370 g/mol. The summed E-state index contributed by atoms with van der Waals surface area (Å²) in [4.78, 5) is 10.5. The molecule has 13 rings (SSSR count). The molecule has 0 aliphatic rings. The Kier molecular flexibility index (Phi) is 32.4. The van der Waals surface area contributed by atoms with E-state index in [2.05, 4.69) is 260 Å². The minimum Gasteiger partial charge on any atom is -0.508 e. The fourth-order valence-electron chi connectivity index (χ4n) is 12.4. The molecule has 0 radical (unpaired) electrons. The van der Waals surface area contributed by atoms with E-state index in [4.69, 9.17) is 29.2 Å². The number of hydrogen-bond acceptors (Lipinski definition) is 6. The third-order valence-corrected chi connectivity index (χ3v) is 20.4. The Morgan fingerprint density at radius 2 is 0.473 bits per heavy atom. The molecule has 0 aliphatic heterocycles. The van der Waals surface area contributed by atoms with Crippen molar-refractivity contribution in [2.75, 3.05) is 0 Å². The van der Waals surface area contributed by atoms with Crippen LogP contribution in [-0.2, 0) is 11.8 Å². The summed E-state index contributed by atoms with van der Waals surface area (Å²) in [5.41, 5.74) is 33.4. The summed E-state index contributed by atoms with van der Waals surface area (Å²) in [6, 6.07) is 86.0. The molecule has 0 atom stereocenters. The number of benzene rings is 13. The number of aromatic carboxylic acids is 1. The van der Waals surface area contributed by atoms with Crippen LogP contribution in [0.25, 0.3) is 0 Å². The van der Waals surface area contributed by atoms with Crippen LogP contribution >= 0.6 is 0 Å². The number of ether oxygens (including phenoxy) is 4. The van der Waals surface area contributed by atoms with Crippen LogP contribution in [0.2, 0.25) is 0 Å². The topological polar surface area (TPSA) is 94.5 Å². The normalized spacial score (nSPS) is 10.5. The summed E-state index contributed by atoms with van der Waals surface area (Å²) in [5, 5.41) is 17.7. The predicted molar refractivity (Wildman–Crippen MR) is 472 cm³/mol. The molecule has 0 amide bonds. The Labute approximate surface area is 670 Å². The van der Waals surface area contributed by atoms with Gasteiger partial charge in [0.05, 0.1) is 5.56 Å². The molecule has 7 heteroatoms. The van der Waals surface area contributed by atoms with Crippen LogP contribution in [0.1, 0.15) is 169 Å². The molecule has 580 valence electrons.